The van der Waals surface area contributed by atoms with Gasteiger partial charge in [0.2, 0.25) is 5.91 Å². The number of hydrogen-bond acceptors (Lipinski definition) is 6. The zero-order valence-corrected chi connectivity index (χ0v) is 22.5. The van der Waals surface area contributed by atoms with E-state index in [0.29, 0.717) is 40.1 Å². The summed E-state index contributed by atoms with van der Waals surface area (Å²) in [4.78, 5) is 28.8. The molecule has 8 nitrogen and oxygen atoms in total. The Balaban J connectivity index is 1.31. The molecule has 8 heteroatoms. The lowest BCUT2D eigenvalue weighted by Crippen LogP contribution is -2.43. The number of anilines is 1. The Hall–Kier alpha value is -2.87. The second kappa shape index (κ2) is 11.7. The molecule has 4 rings (SSSR count). The van der Waals surface area contributed by atoms with E-state index in [9.17, 15) is 14.7 Å². The van der Waals surface area contributed by atoms with E-state index >= 15 is 0 Å². The molecule has 2 aliphatic rings. The van der Waals surface area contributed by atoms with E-state index in [1.54, 1.807) is 6.92 Å². The fourth-order valence-electron chi connectivity index (χ4n) is 6.07. The molecule has 4 N–H and O–H groups in total. The monoisotopic (exact) mass is 511 g/mol. The van der Waals surface area contributed by atoms with Crippen molar-refractivity contribution in [3.05, 3.63) is 29.5 Å². The number of carboxylic acids is 1. The molecule has 0 saturated heterocycles. The highest BCUT2D eigenvalue weighted by Gasteiger charge is 2.32. The predicted octanol–water partition coefficient (Wildman–Crippen LogP) is 5.11. The molecule has 1 amide bonds. The number of nitrogens with one attached hydrogen (secondary N) is 1. The number of fused-ring (bicyclic) bond motifs is 1. The van der Waals surface area contributed by atoms with Crippen molar-refractivity contribution in [1.29, 1.82) is 0 Å². The van der Waals surface area contributed by atoms with Gasteiger partial charge in [-0.05, 0) is 75.3 Å². The Bertz CT molecular complexity index is 1130. The second-order valence-corrected chi connectivity index (χ2v) is 11.3. The summed E-state index contributed by atoms with van der Waals surface area (Å²) >= 11 is 0. The molecular weight excluding hydrogens is 470 g/mol. The summed E-state index contributed by atoms with van der Waals surface area (Å²) in [6.45, 7) is 8.51. The van der Waals surface area contributed by atoms with Crippen LogP contribution in [0.25, 0.3) is 10.9 Å². The van der Waals surface area contributed by atoms with Crippen molar-refractivity contribution < 1.29 is 24.2 Å². The van der Waals surface area contributed by atoms with Crippen molar-refractivity contribution in [2.75, 3.05) is 12.3 Å². The highest BCUT2D eigenvalue weighted by molar-refractivity contribution is 6.06. The SMILES string of the molecule is Cc1nc2cccc(OC3CCC(NC(=O)CO[C@@H]4C[C@H](C)CCC4C(C)C)CC3)c2c(N)c1C(=O)O. The Morgan fingerprint density at radius 3 is 2.57 bits per heavy atom. The third-order valence-corrected chi connectivity index (χ3v) is 8.13. The van der Waals surface area contributed by atoms with E-state index in [1.807, 2.05) is 18.2 Å². The molecule has 0 bridgehead atoms. The third-order valence-electron chi connectivity index (χ3n) is 8.13. The van der Waals surface area contributed by atoms with E-state index in [0.717, 1.165) is 32.1 Å². The number of aromatic nitrogens is 1. The predicted molar refractivity (Wildman–Crippen MR) is 144 cm³/mol. The summed E-state index contributed by atoms with van der Waals surface area (Å²) in [5.41, 5.74) is 7.45. The number of ether oxygens (including phenoxy) is 2. The summed E-state index contributed by atoms with van der Waals surface area (Å²) in [5.74, 6) is 1.12. The smallest absolute Gasteiger partial charge is 0.339 e. The largest absolute Gasteiger partial charge is 0.490 e. The van der Waals surface area contributed by atoms with Crippen LogP contribution in [0, 0.1) is 24.7 Å². The first-order chi connectivity index (χ1) is 17.6. The normalized spacial score (nSPS) is 26.2. The van der Waals surface area contributed by atoms with Crippen molar-refractivity contribution in [2.45, 2.75) is 90.9 Å². The van der Waals surface area contributed by atoms with Gasteiger partial charge in [-0.1, -0.05) is 33.3 Å². The van der Waals surface area contributed by atoms with Gasteiger partial charge in [-0.15, -0.1) is 0 Å². The fraction of sp³-hybridized carbons (Fsp3) is 0.621. The Morgan fingerprint density at radius 2 is 1.89 bits per heavy atom. The molecule has 37 heavy (non-hydrogen) atoms. The molecule has 1 heterocycles. The topological polar surface area (TPSA) is 124 Å². The van der Waals surface area contributed by atoms with Crippen LogP contribution in [0.15, 0.2) is 18.2 Å². The number of nitrogens with two attached hydrogens (primary N) is 1. The summed E-state index contributed by atoms with van der Waals surface area (Å²) in [6, 6.07) is 5.56. The number of nitrogen functional groups attached to an aromatic ring is 1. The quantitative estimate of drug-likeness (QED) is 0.450. The second-order valence-electron chi connectivity index (χ2n) is 11.3. The number of benzene rings is 1. The van der Waals surface area contributed by atoms with Crippen LogP contribution in [-0.4, -0.2) is 46.8 Å². The van der Waals surface area contributed by atoms with Gasteiger partial charge in [0.1, 0.15) is 17.9 Å². The molecule has 2 fully saturated rings. The maximum atomic E-state index is 12.6. The Labute approximate surface area is 219 Å². The number of aromatic carboxylic acids is 1. The van der Waals surface area contributed by atoms with E-state index in [1.165, 1.54) is 12.8 Å². The van der Waals surface area contributed by atoms with Crippen LogP contribution in [0.3, 0.4) is 0 Å². The lowest BCUT2D eigenvalue weighted by Gasteiger charge is -2.37. The number of hydrogen-bond donors (Lipinski definition) is 3. The maximum Gasteiger partial charge on any atom is 0.339 e. The van der Waals surface area contributed by atoms with Crippen LogP contribution < -0.4 is 15.8 Å². The van der Waals surface area contributed by atoms with Crippen molar-refractivity contribution in [1.82, 2.24) is 10.3 Å². The highest BCUT2D eigenvalue weighted by atomic mass is 16.5. The molecule has 1 aromatic heterocycles. The number of amides is 1. The van der Waals surface area contributed by atoms with Gasteiger partial charge >= 0.3 is 5.97 Å². The number of pyridine rings is 1. The molecule has 2 saturated carbocycles. The summed E-state index contributed by atoms with van der Waals surface area (Å²) < 4.78 is 12.4. The maximum absolute atomic E-state index is 12.6. The van der Waals surface area contributed by atoms with Gasteiger partial charge in [0.05, 0.1) is 34.5 Å². The zero-order chi connectivity index (χ0) is 26.7. The number of carbonyl (C=O) groups excluding carboxylic acids is 1. The van der Waals surface area contributed by atoms with Crippen LogP contribution >= 0.6 is 0 Å². The van der Waals surface area contributed by atoms with Crippen LogP contribution in [0.1, 0.15) is 81.8 Å². The average molecular weight is 512 g/mol. The van der Waals surface area contributed by atoms with Gasteiger partial charge in [-0.3, -0.25) is 9.78 Å². The number of aryl methyl sites for hydroxylation is 1. The molecular formula is C29H41N3O5. The lowest BCUT2D eigenvalue weighted by atomic mass is 9.75. The third kappa shape index (κ3) is 6.35. The molecule has 0 spiro atoms. The van der Waals surface area contributed by atoms with Crippen molar-refractivity contribution in [3.8, 4) is 5.75 Å². The molecule has 202 valence electrons. The first-order valence-electron chi connectivity index (χ1n) is 13.6. The molecule has 1 aromatic carbocycles. The van der Waals surface area contributed by atoms with Gasteiger partial charge in [0.15, 0.2) is 0 Å². The standard InChI is InChI=1S/C29H41N3O5/c1-16(2)21-13-8-17(3)14-24(21)36-15-25(33)32-19-9-11-20(12-10-19)37-23-7-5-6-22-27(23)28(30)26(29(34)35)18(4)31-22/h5-7,16-17,19-21,24H,8-15H2,1-4H3,(H2,30,31)(H,32,33)(H,34,35)/t17-,19?,20?,21?,24-/m1/s1. The van der Waals surface area contributed by atoms with Crippen LogP contribution in [0.5, 0.6) is 5.75 Å². The minimum atomic E-state index is -1.10. The molecule has 2 aromatic rings. The van der Waals surface area contributed by atoms with E-state index in [4.69, 9.17) is 15.2 Å². The fourth-order valence-corrected chi connectivity index (χ4v) is 6.07. The van der Waals surface area contributed by atoms with Gasteiger partial charge < -0.3 is 25.6 Å². The van der Waals surface area contributed by atoms with E-state index < -0.39 is 5.97 Å². The van der Waals surface area contributed by atoms with Gasteiger partial charge in [0, 0.05) is 6.04 Å². The zero-order valence-electron chi connectivity index (χ0n) is 22.5. The number of rotatable bonds is 8. The van der Waals surface area contributed by atoms with Crippen molar-refractivity contribution in [2.24, 2.45) is 17.8 Å². The van der Waals surface area contributed by atoms with Gasteiger partial charge in [-0.25, -0.2) is 4.79 Å². The van der Waals surface area contributed by atoms with Crippen LogP contribution in [0.2, 0.25) is 0 Å². The molecule has 2 aliphatic carbocycles. The first kappa shape index (κ1) is 27.2. The average Bonchev–Trinajstić information content (AvgIpc) is 2.83. The first-order valence-corrected chi connectivity index (χ1v) is 13.6. The number of carbonyl (C=O) groups is 2. The van der Waals surface area contributed by atoms with E-state index in [2.05, 4.69) is 31.1 Å². The molecule has 3 atom stereocenters. The molecule has 0 radical (unpaired) electrons. The van der Waals surface area contributed by atoms with Gasteiger partial charge in [-0.2, -0.15) is 0 Å². The minimum Gasteiger partial charge on any atom is -0.490 e. The summed E-state index contributed by atoms with van der Waals surface area (Å²) in [6.07, 6.45) is 6.73. The molecule has 0 aliphatic heterocycles. The summed E-state index contributed by atoms with van der Waals surface area (Å²) in [5, 5.41) is 13.3. The lowest BCUT2D eigenvalue weighted by molar-refractivity contribution is -0.132. The van der Waals surface area contributed by atoms with Crippen LogP contribution in [-0.2, 0) is 9.53 Å². The minimum absolute atomic E-state index is 0.0135. The molecule has 1 unspecified atom stereocenters. The Kier molecular flexibility index (Phi) is 8.57. The van der Waals surface area contributed by atoms with E-state index in [-0.39, 0.29) is 42.0 Å². The highest BCUT2D eigenvalue weighted by Crippen LogP contribution is 2.36. The van der Waals surface area contributed by atoms with Crippen molar-refractivity contribution in [3.63, 3.8) is 0 Å². The number of nitrogens with zero attached hydrogens (tertiary/aromatic N) is 1. The summed E-state index contributed by atoms with van der Waals surface area (Å²) in [7, 11) is 0. The van der Waals surface area contributed by atoms with Gasteiger partial charge in [0.25, 0.3) is 0 Å². The van der Waals surface area contributed by atoms with Crippen molar-refractivity contribution >= 4 is 28.5 Å². The number of carboxylic acid groups (broad SMARTS) is 1. The Morgan fingerprint density at radius 1 is 1.16 bits per heavy atom. The van der Waals surface area contributed by atoms with Crippen LogP contribution in [0.4, 0.5) is 5.69 Å².